The number of carbonyl (C=O) groups is 4. The van der Waals surface area contributed by atoms with E-state index in [1.807, 2.05) is 38.1 Å². The van der Waals surface area contributed by atoms with Crippen LogP contribution in [0.25, 0.3) is 43.1 Å². The molecule has 1 aliphatic rings. The molecule has 1 heterocycles. The number of carbonyl (C=O) groups excluding carboxylic acids is 4. The first-order valence-electron chi connectivity index (χ1n) is 13.4. The molecule has 2 amide bonds. The third-order valence-electron chi connectivity index (χ3n) is 7.52. The minimum absolute atomic E-state index is 0.290. The van der Waals surface area contributed by atoms with Crippen LogP contribution in [-0.2, 0) is 9.47 Å². The molecule has 0 saturated heterocycles. The van der Waals surface area contributed by atoms with Gasteiger partial charge in [-0.05, 0) is 69.4 Å². The Morgan fingerprint density at radius 3 is 1.44 bits per heavy atom. The highest BCUT2D eigenvalue weighted by Crippen LogP contribution is 2.44. The van der Waals surface area contributed by atoms with Crippen molar-refractivity contribution in [2.75, 3.05) is 13.2 Å². The minimum Gasteiger partial charge on any atom is -0.462 e. The van der Waals surface area contributed by atoms with Crippen molar-refractivity contribution >= 4 is 66.8 Å². The van der Waals surface area contributed by atoms with Crippen LogP contribution in [0.5, 0.6) is 0 Å². The first-order chi connectivity index (χ1) is 19.0. The van der Waals surface area contributed by atoms with Crippen molar-refractivity contribution in [3.8, 4) is 0 Å². The SMILES string of the molecule is CCCCOC(=O)c1ccc2c3ccc4c5c(ccc(c6ccc(C(=O)OCCCC)c1c26)c53)C(=O)NC4=O. The average Bonchev–Trinajstić information content (AvgIpc) is 2.94. The van der Waals surface area contributed by atoms with E-state index in [1.165, 1.54) is 0 Å². The number of fused-ring (bicyclic) bond motifs is 2. The second kappa shape index (κ2) is 9.66. The van der Waals surface area contributed by atoms with E-state index in [0.717, 1.165) is 58.0 Å². The Bertz CT molecular complexity index is 1710. The summed E-state index contributed by atoms with van der Waals surface area (Å²) in [6.07, 6.45) is 3.26. The number of unbranched alkanes of at least 4 members (excludes halogenated alkanes) is 2. The second-order valence-electron chi connectivity index (χ2n) is 9.90. The van der Waals surface area contributed by atoms with Gasteiger partial charge in [-0.2, -0.15) is 0 Å². The van der Waals surface area contributed by atoms with Gasteiger partial charge in [-0.1, -0.05) is 51.0 Å². The molecule has 5 aromatic carbocycles. The molecule has 0 spiro atoms. The fourth-order valence-electron chi connectivity index (χ4n) is 5.62. The number of ether oxygens (including phenoxy) is 2. The van der Waals surface area contributed by atoms with Crippen molar-refractivity contribution in [1.82, 2.24) is 5.32 Å². The van der Waals surface area contributed by atoms with Gasteiger partial charge in [-0.3, -0.25) is 14.9 Å². The lowest BCUT2D eigenvalue weighted by molar-refractivity contribution is 0.0500. The van der Waals surface area contributed by atoms with Gasteiger partial charge in [0.15, 0.2) is 0 Å². The van der Waals surface area contributed by atoms with Crippen molar-refractivity contribution in [2.24, 2.45) is 0 Å². The highest BCUT2D eigenvalue weighted by molar-refractivity contribution is 6.39. The van der Waals surface area contributed by atoms with Crippen LogP contribution < -0.4 is 5.32 Å². The Kier molecular flexibility index (Phi) is 6.14. The van der Waals surface area contributed by atoms with Gasteiger partial charge >= 0.3 is 11.9 Å². The normalized spacial score (nSPS) is 13.0. The van der Waals surface area contributed by atoms with Crippen molar-refractivity contribution in [3.63, 3.8) is 0 Å². The lowest BCUT2D eigenvalue weighted by Crippen LogP contribution is -2.34. The van der Waals surface area contributed by atoms with E-state index in [4.69, 9.17) is 9.47 Å². The maximum absolute atomic E-state index is 13.3. The van der Waals surface area contributed by atoms with E-state index in [2.05, 4.69) is 5.32 Å². The van der Waals surface area contributed by atoms with Crippen LogP contribution in [0.15, 0.2) is 48.5 Å². The number of hydrogen-bond donors (Lipinski definition) is 1. The summed E-state index contributed by atoms with van der Waals surface area (Å²) in [7, 11) is 0. The molecule has 1 aliphatic heterocycles. The summed E-state index contributed by atoms with van der Waals surface area (Å²) in [4.78, 5) is 51.9. The summed E-state index contributed by atoms with van der Waals surface area (Å²) in [6.45, 7) is 4.62. The molecule has 0 aliphatic carbocycles. The van der Waals surface area contributed by atoms with Gasteiger partial charge in [0.05, 0.1) is 24.3 Å². The Hall–Kier alpha value is -4.52. The lowest BCUT2D eigenvalue weighted by atomic mass is 9.83. The zero-order valence-corrected chi connectivity index (χ0v) is 21.8. The van der Waals surface area contributed by atoms with Crippen molar-refractivity contribution in [2.45, 2.75) is 39.5 Å². The van der Waals surface area contributed by atoms with E-state index < -0.39 is 23.8 Å². The Morgan fingerprint density at radius 1 is 0.590 bits per heavy atom. The maximum atomic E-state index is 13.3. The molecule has 0 aromatic heterocycles. The van der Waals surface area contributed by atoms with E-state index in [-0.39, 0.29) is 0 Å². The molecule has 7 heteroatoms. The number of imide groups is 1. The molecule has 7 nitrogen and oxygen atoms in total. The van der Waals surface area contributed by atoms with Crippen LogP contribution in [0.1, 0.15) is 81.0 Å². The monoisotopic (exact) mass is 521 g/mol. The largest absolute Gasteiger partial charge is 0.462 e. The topological polar surface area (TPSA) is 98.8 Å². The van der Waals surface area contributed by atoms with E-state index in [0.29, 0.717) is 46.2 Å². The first kappa shape index (κ1) is 24.8. The highest BCUT2D eigenvalue weighted by atomic mass is 16.5. The zero-order chi connectivity index (χ0) is 27.3. The predicted molar refractivity (Wildman–Crippen MR) is 150 cm³/mol. The highest BCUT2D eigenvalue weighted by Gasteiger charge is 2.29. The fourth-order valence-corrected chi connectivity index (χ4v) is 5.62. The van der Waals surface area contributed by atoms with Crippen LogP contribution in [0, 0.1) is 0 Å². The summed E-state index contributed by atoms with van der Waals surface area (Å²) in [5, 5.41) is 8.33. The molecule has 39 heavy (non-hydrogen) atoms. The summed E-state index contributed by atoms with van der Waals surface area (Å²) >= 11 is 0. The molecule has 0 radical (unpaired) electrons. The van der Waals surface area contributed by atoms with E-state index in [1.54, 1.807) is 24.3 Å². The second-order valence-corrected chi connectivity index (χ2v) is 9.90. The van der Waals surface area contributed by atoms with Gasteiger partial charge in [-0.25, -0.2) is 9.59 Å². The predicted octanol–water partition coefficient (Wildman–Crippen LogP) is 6.53. The number of esters is 2. The van der Waals surface area contributed by atoms with Gasteiger partial charge in [0, 0.05) is 21.9 Å². The standard InChI is InChI=1S/C32H27NO6/c1-3-5-15-38-31(36)23-13-9-19-17-7-11-21-27-22(30(35)33-29(21)34)12-8-18(25(17)27)20-10-14-24(28(23)26(19)20)32(37)39-16-6-4-2/h7-14H,3-6,15-16H2,1-2H3,(H,33,34,35). The van der Waals surface area contributed by atoms with Gasteiger partial charge in [0.2, 0.25) is 0 Å². The van der Waals surface area contributed by atoms with E-state index >= 15 is 0 Å². The third kappa shape index (κ3) is 3.80. The molecule has 1 N–H and O–H groups in total. The number of hydrogen-bond acceptors (Lipinski definition) is 6. The molecule has 0 saturated carbocycles. The molecule has 5 aromatic rings. The Morgan fingerprint density at radius 2 is 1.00 bits per heavy atom. The summed E-state index contributed by atoms with van der Waals surface area (Å²) in [6, 6.07) is 14.3. The van der Waals surface area contributed by atoms with Crippen molar-refractivity contribution in [1.29, 1.82) is 0 Å². The van der Waals surface area contributed by atoms with Crippen LogP contribution >= 0.6 is 0 Å². The molecular formula is C32H27NO6. The molecular weight excluding hydrogens is 494 g/mol. The van der Waals surface area contributed by atoms with Gasteiger partial charge in [0.25, 0.3) is 11.8 Å². The molecule has 0 unspecified atom stereocenters. The smallest absolute Gasteiger partial charge is 0.338 e. The molecule has 6 rings (SSSR count). The van der Waals surface area contributed by atoms with Crippen molar-refractivity contribution < 1.29 is 28.7 Å². The summed E-state index contributed by atoms with van der Waals surface area (Å²) in [5.41, 5.74) is 1.49. The lowest BCUT2D eigenvalue weighted by Gasteiger charge is -2.22. The van der Waals surface area contributed by atoms with E-state index in [9.17, 15) is 19.2 Å². The molecule has 0 fully saturated rings. The van der Waals surface area contributed by atoms with Gasteiger partial charge in [-0.15, -0.1) is 0 Å². The van der Waals surface area contributed by atoms with Crippen LogP contribution in [0.3, 0.4) is 0 Å². The fraction of sp³-hybridized carbons (Fsp3) is 0.250. The molecule has 0 bridgehead atoms. The van der Waals surface area contributed by atoms with Crippen LogP contribution in [0.4, 0.5) is 0 Å². The summed E-state index contributed by atoms with van der Waals surface area (Å²) < 4.78 is 11.1. The number of rotatable bonds is 8. The number of benzene rings is 5. The molecule has 0 atom stereocenters. The zero-order valence-electron chi connectivity index (χ0n) is 21.8. The van der Waals surface area contributed by atoms with Crippen molar-refractivity contribution in [3.05, 3.63) is 70.8 Å². The first-order valence-corrected chi connectivity index (χ1v) is 13.4. The number of nitrogens with one attached hydrogen (secondary N) is 1. The van der Waals surface area contributed by atoms with Gasteiger partial charge < -0.3 is 9.47 Å². The molecule has 196 valence electrons. The summed E-state index contributed by atoms with van der Waals surface area (Å²) in [5.74, 6) is -1.84. The van der Waals surface area contributed by atoms with Gasteiger partial charge in [0.1, 0.15) is 0 Å². The number of amides is 2. The van der Waals surface area contributed by atoms with Crippen LogP contribution in [0.2, 0.25) is 0 Å². The Labute approximate surface area is 224 Å². The quantitative estimate of drug-likeness (QED) is 0.0819. The maximum Gasteiger partial charge on any atom is 0.338 e. The third-order valence-corrected chi connectivity index (χ3v) is 7.52. The average molecular weight is 522 g/mol. The Balaban J connectivity index is 1.69. The van der Waals surface area contributed by atoms with Crippen LogP contribution in [-0.4, -0.2) is 37.0 Å². The minimum atomic E-state index is -0.493.